The quantitative estimate of drug-likeness (QED) is 0.455. The zero-order valence-electron chi connectivity index (χ0n) is 6.95. The van der Waals surface area contributed by atoms with Crippen LogP contribution < -0.4 is 0 Å². The van der Waals surface area contributed by atoms with Crippen molar-refractivity contribution in [2.45, 2.75) is 45.1 Å². The fourth-order valence-corrected chi connectivity index (χ4v) is 1.76. The summed E-state index contributed by atoms with van der Waals surface area (Å²) in [6.45, 7) is 2.16. The first-order valence-corrected chi connectivity index (χ1v) is 4.37. The molecule has 1 saturated carbocycles. The van der Waals surface area contributed by atoms with Gasteiger partial charge in [0.05, 0.1) is 0 Å². The predicted molar refractivity (Wildman–Crippen MR) is 43.0 cm³/mol. The molecule has 0 saturated heterocycles. The molecule has 0 aliphatic heterocycles. The van der Waals surface area contributed by atoms with Gasteiger partial charge in [-0.2, -0.15) is 0 Å². The molecule has 1 aliphatic rings. The molecule has 0 heterocycles. The van der Waals surface area contributed by atoms with E-state index in [-0.39, 0.29) is 11.0 Å². The maximum Gasteiger partial charge on any atom is 0.213 e. The Balaban J connectivity index is 2.30. The highest BCUT2D eigenvalue weighted by Gasteiger charge is 2.26. The zero-order chi connectivity index (χ0) is 8.27. The Labute approximate surface area is 66.9 Å². The molecule has 1 rings (SSSR count). The molecule has 64 valence electrons. The minimum Gasteiger partial charge on any atom is -0.264 e. The topological polar surface area (TPSA) is 43.1 Å². The third-order valence-electron chi connectivity index (χ3n) is 2.69. The Morgan fingerprint density at radius 2 is 1.91 bits per heavy atom. The highest BCUT2D eigenvalue weighted by atomic mass is 16.6. The number of hydrogen-bond acceptors (Lipinski definition) is 2. The average Bonchev–Trinajstić information content (AvgIpc) is 2.05. The second-order valence-corrected chi connectivity index (χ2v) is 3.37. The van der Waals surface area contributed by atoms with E-state index < -0.39 is 0 Å². The summed E-state index contributed by atoms with van der Waals surface area (Å²) in [5.41, 5.74) is 0. The van der Waals surface area contributed by atoms with E-state index in [1.807, 2.05) is 0 Å². The molecule has 0 aromatic heterocycles. The molecule has 11 heavy (non-hydrogen) atoms. The molecule has 0 aromatic carbocycles. The van der Waals surface area contributed by atoms with Gasteiger partial charge in [-0.15, -0.1) is 0 Å². The van der Waals surface area contributed by atoms with E-state index in [4.69, 9.17) is 0 Å². The smallest absolute Gasteiger partial charge is 0.213 e. The van der Waals surface area contributed by atoms with Crippen LogP contribution in [0.1, 0.15) is 39.0 Å². The third kappa shape index (κ3) is 2.17. The Morgan fingerprint density at radius 1 is 1.36 bits per heavy atom. The van der Waals surface area contributed by atoms with Gasteiger partial charge in [-0.25, -0.2) is 0 Å². The van der Waals surface area contributed by atoms with E-state index in [1.165, 1.54) is 6.42 Å². The second kappa shape index (κ2) is 3.69. The maximum absolute atomic E-state index is 10.4. The highest BCUT2D eigenvalue weighted by Crippen LogP contribution is 2.27. The van der Waals surface area contributed by atoms with Gasteiger partial charge in [0.2, 0.25) is 6.04 Å². The van der Waals surface area contributed by atoms with Gasteiger partial charge in [0, 0.05) is 17.8 Å². The highest BCUT2D eigenvalue weighted by molar-refractivity contribution is 4.70. The predicted octanol–water partition coefficient (Wildman–Crippen LogP) is 2.23. The van der Waals surface area contributed by atoms with Crippen molar-refractivity contribution in [3.05, 3.63) is 10.1 Å². The van der Waals surface area contributed by atoms with Crippen LogP contribution in [0.15, 0.2) is 0 Å². The summed E-state index contributed by atoms with van der Waals surface area (Å²) >= 11 is 0. The fraction of sp³-hybridized carbons (Fsp3) is 1.00. The molecule has 0 radical (unpaired) electrons. The third-order valence-corrected chi connectivity index (χ3v) is 2.69. The van der Waals surface area contributed by atoms with Crippen molar-refractivity contribution in [3.8, 4) is 0 Å². The van der Waals surface area contributed by atoms with E-state index >= 15 is 0 Å². The lowest BCUT2D eigenvalue weighted by molar-refractivity contribution is -0.527. The van der Waals surface area contributed by atoms with Gasteiger partial charge < -0.3 is 0 Å². The first kappa shape index (κ1) is 8.50. The number of hydrogen-bond donors (Lipinski definition) is 0. The summed E-state index contributed by atoms with van der Waals surface area (Å²) < 4.78 is 0. The van der Waals surface area contributed by atoms with E-state index in [0.717, 1.165) is 31.6 Å². The number of rotatable bonds is 2. The van der Waals surface area contributed by atoms with Crippen molar-refractivity contribution < 1.29 is 4.92 Å². The van der Waals surface area contributed by atoms with Crippen molar-refractivity contribution in [1.82, 2.24) is 0 Å². The van der Waals surface area contributed by atoms with Gasteiger partial charge in [-0.3, -0.25) is 10.1 Å². The SMILES string of the molecule is CCC1CCC([N+](=O)[O-])CC1. The number of nitro groups is 1. The molecule has 0 N–H and O–H groups in total. The number of nitrogens with zero attached hydrogens (tertiary/aromatic N) is 1. The summed E-state index contributed by atoms with van der Waals surface area (Å²) in [5.74, 6) is 0.756. The summed E-state index contributed by atoms with van der Waals surface area (Å²) in [5, 5.41) is 10.4. The Kier molecular flexibility index (Phi) is 2.85. The van der Waals surface area contributed by atoms with Crippen LogP contribution in [0, 0.1) is 16.0 Å². The molecular formula is C8H15NO2. The van der Waals surface area contributed by atoms with Crippen molar-refractivity contribution in [1.29, 1.82) is 0 Å². The molecule has 3 heteroatoms. The maximum atomic E-state index is 10.4. The second-order valence-electron chi connectivity index (χ2n) is 3.37. The van der Waals surface area contributed by atoms with Crippen molar-refractivity contribution in [3.63, 3.8) is 0 Å². The fourth-order valence-electron chi connectivity index (χ4n) is 1.76. The Bertz CT molecular complexity index is 139. The standard InChI is InChI=1S/C8H15NO2/c1-2-7-3-5-8(6-4-7)9(10)11/h7-8H,2-6H2,1H3. The lowest BCUT2D eigenvalue weighted by Gasteiger charge is -2.22. The van der Waals surface area contributed by atoms with E-state index in [0.29, 0.717) is 0 Å². The van der Waals surface area contributed by atoms with Gasteiger partial charge >= 0.3 is 0 Å². The molecule has 0 unspecified atom stereocenters. The lowest BCUT2D eigenvalue weighted by atomic mass is 9.85. The summed E-state index contributed by atoms with van der Waals surface area (Å²) in [7, 11) is 0. The minimum atomic E-state index is -0.238. The molecule has 0 amide bonds. The van der Waals surface area contributed by atoms with Gasteiger partial charge in [0.1, 0.15) is 0 Å². The normalized spacial score (nSPS) is 31.7. The molecule has 0 aromatic rings. The van der Waals surface area contributed by atoms with Crippen LogP contribution in [0.2, 0.25) is 0 Å². The molecular weight excluding hydrogens is 142 g/mol. The Hall–Kier alpha value is -0.600. The molecule has 1 aliphatic carbocycles. The van der Waals surface area contributed by atoms with Gasteiger partial charge in [0.15, 0.2) is 0 Å². The van der Waals surface area contributed by atoms with Crippen molar-refractivity contribution >= 4 is 0 Å². The van der Waals surface area contributed by atoms with Crippen LogP contribution in [0.4, 0.5) is 0 Å². The Morgan fingerprint density at radius 3 is 2.27 bits per heavy atom. The average molecular weight is 157 g/mol. The van der Waals surface area contributed by atoms with Gasteiger partial charge in [-0.1, -0.05) is 13.3 Å². The molecule has 0 bridgehead atoms. The van der Waals surface area contributed by atoms with E-state index in [9.17, 15) is 10.1 Å². The minimum absolute atomic E-state index is 0.119. The largest absolute Gasteiger partial charge is 0.264 e. The van der Waals surface area contributed by atoms with Crippen LogP contribution >= 0.6 is 0 Å². The lowest BCUT2D eigenvalue weighted by Crippen LogP contribution is -2.25. The van der Waals surface area contributed by atoms with Crippen LogP contribution in [0.5, 0.6) is 0 Å². The van der Waals surface area contributed by atoms with Crippen molar-refractivity contribution in [2.24, 2.45) is 5.92 Å². The van der Waals surface area contributed by atoms with Crippen LogP contribution in [0.3, 0.4) is 0 Å². The summed E-state index contributed by atoms with van der Waals surface area (Å²) in [4.78, 5) is 10.2. The van der Waals surface area contributed by atoms with Gasteiger partial charge in [-0.05, 0) is 18.8 Å². The van der Waals surface area contributed by atoms with E-state index in [1.54, 1.807) is 0 Å². The molecule has 1 fully saturated rings. The van der Waals surface area contributed by atoms with Gasteiger partial charge in [0.25, 0.3) is 0 Å². The summed E-state index contributed by atoms with van der Waals surface area (Å²) in [6.07, 6.45) is 4.89. The van der Waals surface area contributed by atoms with Crippen molar-refractivity contribution in [2.75, 3.05) is 0 Å². The summed E-state index contributed by atoms with van der Waals surface area (Å²) in [6, 6.07) is -0.238. The van der Waals surface area contributed by atoms with Crippen LogP contribution in [-0.4, -0.2) is 11.0 Å². The van der Waals surface area contributed by atoms with Crippen LogP contribution in [0.25, 0.3) is 0 Å². The first-order chi connectivity index (χ1) is 5.24. The zero-order valence-corrected chi connectivity index (χ0v) is 6.95. The van der Waals surface area contributed by atoms with E-state index in [2.05, 4.69) is 6.92 Å². The molecule has 0 spiro atoms. The first-order valence-electron chi connectivity index (χ1n) is 4.37. The molecule has 3 nitrogen and oxygen atoms in total. The monoisotopic (exact) mass is 157 g/mol. The van der Waals surface area contributed by atoms with Crippen LogP contribution in [-0.2, 0) is 0 Å². The molecule has 0 atom stereocenters.